The van der Waals surface area contributed by atoms with E-state index >= 15 is 0 Å². The summed E-state index contributed by atoms with van der Waals surface area (Å²) in [6.45, 7) is 0.558. The summed E-state index contributed by atoms with van der Waals surface area (Å²) in [5, 5.41) is 31.1. The Balaban J connectivity index is 2.69. The smallest absolute Gasteiger partial charge is 0.337 e. The number of rotatable bonds is 6. The largest absolute Gasteiger partial charge is 0.479 e. The van der Waals surface area contributed by atoms with E-state index in [1.165, 1.54) is 18.2 Å². The van der Waals surface area contributed by atoms with E-state index in [1.54, 1.807) is 6.07 Å². The van der Waals surface area contributed by atoms with Crippen molar-refractivity contribution < 1.29 is 24.7 Å². The number of aliphatic hydroxyl groups is 1. The Morgan fingerprint density at radius 3 is 2.55 bits per heavy atom. The topological polar surface area (TPSA) is 130 Å². The summed E-state index contributed by atoms with van der Waals surface area (Å²) in [7, 11) is 0. The molecule has 1 rings (SSSR count). The van der Waals surface area contributed by atoms with Gasteiger partial charge in [-0.1, -0.05) is 18.2 Å². The number of nitro groups is 1. The van der Waals surface area contributed by atoms with Crippen molar-refractivity contribution in [2.75, 3.05) is 6.54 Å². The maximum atomic E-state index is 11.6. The standard InChI is InChI=1S/C12H14N2O6/c1-12(18,11(16)17)7-13-10(15)6-8-4-2-3-5-9(8)14(19)20/h2-5,18H,6-7H2,1H3,(H,13,15)(H,16,17). The third kappa shape index (κ3) is 4.02. The molecule has 20 heavy (non-hydrogen) atoms. The summed E-state index contributed by atoms with van der Waals surface area (Å²) in [4.78, 5) is 32.4. The Bertz CT molecular complexity index is 541. The molecular formula is C12H14N2O6. The van der Waals surface area contributed by atoms with Gasteiger partial charge in [-0.25, -0.2) is 4.79 Å². The minimum absolute atomic E-state index is 0.187. The number of aliphatic carboxylic acids is 1. The molecule has 1 amide bonds. The van der Waals surface area contributed by atoms with Crippen LogP contribution in [0, 0.1) is 10.1 Å². The zero-order valence-electron chi connectivity index (χ0n) is 10.7. The lowest BCUT2D eigenvalue weighted by atomic mass is 10.1. The zero-order chi connectivity index (χ0) is 15.3. The predicted molar refractivity (Wildman–Crippen MR) is 68.1 cm³/mol. The van der Waals surface area contributed by atoms with E-state index in [0.717, 1.165) is 6.92 Å². The molecule has 0 aromatic heterocycles. The number of amides is 1. The molecule has 0 aliphatic heterocycles. The van der Waals surface area contributed by atoms with Crippen molar-refractivity contribution in [2.24, 2.45) is 0 Å². The normalized spacial score (nSPS) is 13.3. The van der Waals surface area contributed by atoms with Gasteiger partial charge in [0, 0.05) is 11.6 Å². The van der Waals surface area contributed by atoms with E-state index in [0.29, 0.717) is 0 Å². The van der Waals surface area contributed by atoms with Gasteiger partial charge in [0.15, 0.2) is 5.60 Å². The van der Waals surface area contributed by atoms with Gasteiger partial charge in [0.2, 0.25) is 5.91 Å². The van der Waals surface area contributed by atoms with Crippen LogP contribution in [0.15, 0.2) is 24.3 Å². The molecule has 0 aliphatic rings. The van der Waals surface area contributed by atoms with Crippen LogP contribution in [0.1, 0.15) is 12.5 Å². The second kappa shape index (κ2) is 6.11. The molecule has 0 fully saturated rings. The summed E-state index contributed by atoms with van der Waals surface area (Å²) < 4.78 is 0. The maximum Gasteiger partial charge on any atom is 0.337 e. The molecular weight excluding hydrogens is 268 g/mol. The van der Waals surface area contributed by atoms with Crippen LogP contribution in [0.5, 0.6) is 0 Å². The van der Waals surface area contributed by atoms with Crippen molar-refractivity contribution in [3.63, 3.8) is 0 Å². The first-order valence-corrected chi connectivity index (χ1v) is 5.69. The number of carboxylic acids is 1. The average Bonchev–Trinajstić information content (AvgIpc) is 2.36. The van der Waals surface area contributed by atoms with E-state index in [1.807, 2.05) is 0 Å². The molecule has 0 radical (unpaired) electrons. The van der Waals surface area contributed by atoms with Gasteiger partial charge < -0.3 is 15.5 Å². The summed E-state index contributed by atoms with van der Waals surface area (Å²) in [6, 6.07) is 5.75. The van der Waals surface area contributed by atoms with Crippen LogP contribution < -0.4 is 5.32 Å². The van der Waals surface area contributed by atoms with Crippen LogP contribution in [0.4, 0.5) is 5.69 Å². The minimum atomic E-state index is -2.09. The number of carbonyl (C=O) groups is 2. The molecule has 8 heteroatoms. The fraction of sp³-hybridized carbons (Fsp3) is 0.333. The van der Waals surface area contributed by atoms with Crippen LogP contribution in [-0.2, 0) is 16.0 Å². The molecule has 8 nitrogen and oxygen atoms in total. The van der Waals surface area contributed by atoms with Crippen molar-refractivity contribution in [3.05, 3.63) is 39.9 Å². The monoisotopic (exact) mass is 282 g/mol. The van der Waals surface area contributed by atoms with Gasteiger partial charge in [-0.3, -0.25) is 14.9 Å². The molecule has 108 valence electrons. The van der Waals surface area contributed by atoms with Crippen molar-refractivity contribution in [1.29, 1.82) is 0 Å². The third-order valence-electron chi connectivity index (χ3n) is 2.63. The summed E-state index contributed by atoms with van der Waals surface area (Å²) in [5.41, 5.74) is -2.06. The Morgan fingerprint density at radius 1 is 1.40 bits per heavy atom. The highest BCUT2D eigenvalue weighted by Crippen LogP contribution is 2.17. The fourth-order valence-electron chi connectivity index (χ4n) is 1.42. The molecule has 1 aromatic carbocycles. The van der Waals surface area contributed by atoms with Crippen LogP contribution >= 0.6 is 0 Å². The van der Waals surface area contributed by atoms with Crippen LogP contribution in [0.3, 0.4) is 0 Å². The number of carboxylic acid groups (broad SMARTS) is 1. The number of nitrogens with zero attached hydrogens (tertiary/aromatic N) is 1. The second-order valence-electron chi connectivity index (χ2n) is 4.42. The first-order valence-electron chi connectivity index (χ1n) is 5.69. The number of benzene rings is 1. The SMILES string of the molecule is CC(O)(CNC(=O)Cc1ccccc1[N+](=O)[O-])C(=O)O. The van der Waals surface area contributed by atoms with E-state index in [4.69, 9.17) is 5.11 Å². The number of hydrogen-bond acceptors (Lipinski definition) is 5. The first-order chi connectivity index (χ1) is 9.24. The van der Waals surface area contributed by atoms with Gasteiger partial charge in [0.05, 0.1) is 17.9 Å². The molecule has 1 aromatic rings. The Kier molecular flexibility index (Phi) is 4.76. The highest BCUT2D eigenvalue weighted by atomic mass is 16.6. The number of carbonyl (C=O) groups excluding carboxylic acids is 1. The first kappa shape index (κ1) is 15.6. The van der Waals surface area contributed by atoms with Crippen molar-refractivity contribution in [2.45, 2.75) is 18.9 Å². The fourth-order valence-corrected chi connectivity index (χ4v) is 1.42. The van der Waals surface area contributed by atoms with Gasteiger partial charge in [-0.2, -0.15) is 0 Å². The van der Waals surface area contributed by atoms with E-state index in [9.17, 15) is 24.8 Å². The Hall–Kier alpha value is -2.48. The molecule has 0 bridgehead atoms. The predicted octanol–water partition coefficient (Wildman–Crippen LogP) is 0.0891. The lowest BCUT2D eigenvalue weighted by molar-refractivity contribution is -0.385. The molecule has 0 saturated heterocycles. The van der Waals surface area contributed by atoms with Crippen molar-refractivity contribution >= 4 is 17.6 Å². The molecule has 0 aliphatic carbocycles. The van der Waals surface area contributed by atoms with Crippen molar-refractivity contribution in [1.82, 2.24) is 5.32 Å². The molecule has 0 saturated carbocycles. The van der Waals surface area contributed by atoms with E-state index < -0.39 is 28.9 Å². The van der Waals surface area contributed by atoms with Crippen LogP contribution in [-0.4, -0.2) is 39.2 Å². The number of nitro benzene ring substituents is 1. The lowest BCUT2D eigenvalue weighted by Gasteiger charge is -2.18. The van der Waals surface area contributed by atoms with E-state index in [2.05, 4.69) is 5.32 Å². The lowest BCUT2D eigenvalue weighted by Crippen LogP contribution is -2.46. The second-order valence-corrected chi connectivity index (χ2v) is 4.42. The number of nitrogens with one attached hydrogen (secondary N) is 1. The van der Waals surface area contributed by atoms with Gasteiger partial charge >= 0.3 is 5.97 Å². The highest BCUT2D eigenvalue weighted by Gasteiger charge is 2.30. The quantitative estimate of drug-likeness (QED) is 0.500. The zero-order valence-corrected chi connectivity index (χ0v) is 10.7. The summed E-state index contributed by atoms with van der Waals surface area (Å²) in [5.74, 6) is -2.08. The van der Waals surface area contributed by atoms with E-state index in [-0.39, 0.29) is 17.7 Å². The summed E-state index contributed by atoms with van der Waals surface area (Å²) in [6.07, 6.45) is -0.271. The molecule has 3 N–H and O–H groups in total. The van der Waals surface area contributed by atoms with Gasteiger partial charge in [0.25, 0.3) is 5.69 Å². The Morgan fingerprint density at radius 2 is 2.00 bits per heavy atom. The van der Waals surface area contributed by atoms with Gasteiger partial charge in [-0.05, 0) is 6.92 Å². The maximum absolute atomic E-state index is 11.6. The van der Waals surface area contributed by atoms with Crippen molar-refractivity contribution in [3.8, 4) is 0 Å². The Labute approximate surface area is 114 Å². The third-order valence-corrected chi connectivity index (χ3v) is 2.63. The molecule has 0 heterocycles. The number of hydrogen-bond donors (Lipinski definition) is 3. The van der Waals surface area contributed by atoms with Crippen LogP contribution in [0.25, 0.3) is 0 Å². The molecule has 0 spiro atoms. The summed E-state index contributed by atoms with van der Waals surface area (Å²) >= 11 is 0. The van der Waals surface area contributed by atoms with Gasteiger partial charge in [-0.15, -0.1) is 0 Å². The highest BCUT2D eigenvalue weighted by molar-refractivity contribution is 5.82. The van der Waals surface area contributed by atoms with Gasteiger partial charge in [0.1, 0.15) is 0 Å². The minimum Gasteiger partial charge on any atom is -0.479 e. The average molecular weight is 282 g/mol. The molecule has 1 atom stereocenters. The van der Waals surface area contributed by atoms with Crippen LogP contribution in [0.2, 0.25) is 0 Å². The number of para-hydroxylation sites is 1. The molecule has 1 unspecified atom stereocenters.